The van der Waals surface area contributed by atoms with Gasteiger partial charge in [0.15, 0.2) is 5.82 Å². The predicted molar refractivity (Wildman–Crippen MR) is 109 cm³/mol. The Balaban J connectivity index is 1.64. The fourth-order valence-electron chi connectivity index (χ4n) is 3.42. The van der Waals surface area contributed by atoms with E-state index in [9.17, 15) is 4.79 Å². The van der Waals surface area contributed by atoms with Gasteiger partial charge in [0.25, 0.3) is 0 Å². The normalized spacial score (nSPS) is 18.1. The van der Waals surface area contributed by atoms with Crippen molar-refractivity contribution in [2.24, 2.45) is 4.99 Å². The summed E-state index contributed by atoms with van der Waals surface area (Å²) in [5, 5.41) is 5.51. The molecule has 1 aromatic carbocycles. The fourth-order valence-corrected chi connectivity index (χ4v) is 3.42. The van der Waals surface area contributed by atoms with Crippen molar-refractivity contribution >= 4 is 23.8 Å². The molecule has 1 aromatic heterocycles. The molecule has 3 heterocycles. The van der Waals surface area contributed by atoms with Crippen molar-refractivity contribution in [2.45, 2.75) is 26.4 Å². The van der Waals surface area contributed by atoms with Crippen molar-refractivity contribution in [3.63, 3.8) is 0 Å². The number of amides is 2. The summed E-state index contributed by atoms with van der Waals surface area (Å²) in [4.78, 5) is 27.9. The number of benzene rings is 1. The van der Waals surface area contributed by atoms with Gasteiger partial charge in [-0.05, 0) is 38.1 Å². The average Bonchev–Trinajstić information content (AvgIpc) is 3.17. The standard InChI is InChI=1S/C20H24N6O2/c1-3-22-20(27)23-15-6-4-14(5-7-15)18-24-17-11-21-10-16(17)19(25-18)26-8-9-28-12-13(26)2/h4-7,11,13H,3,8-10,12H2,1-2H3,(H2,22,23,27). The lowest BCUT2D eigenvalue weighted by molar-refractivity contribution is 0.0984. The lowest BCUT2D eigenvalue weighted by Gasteiger charge is -2.35. The van der Waals surface area contributed by atoms with Crippen LogP contribution in [0.15, 0.2) is 29.3 Å². The molecule has 2 aliphatic heterocycles. The highest BCUT2D eigenvalue weighted by molar-refractivity contribution is 5.89. The minimum atomic E-state index is -0.219. The fraction of sp³-hybridized carbons (Fsp3) is 0.400. The molecule has 0 saturated carbocycles. The summed E-state index contributed by atoms with van der Waals surface area (Å²) in [6.07, 6.45) is 1.82. The average molecular weight is 380 g/mol. The molecule has 2 N–H and O–H groups in total. The van der Waals surface area contributed by atoms with Gasteiger partial charge in [-0.15, -0.1) is 0 Å². The van der Waals surface area contributed by atoms with Crippen LogP contribution in [0.4, 0.5) is 16.3 Å². The number of aliphatic imine (C=N–C) groups is 1. The molecule has 2 aliphatic rings. The summed E-state index contributed by atoms with van der Waals surface area (Å²) < 4.78 is 5.57. The Morgan fingerprint density at radius 3 is 2.86 bits per heavy atom. The molecule has 28 heavy (non-hydrogen) atoms. The molecule has 0 radical (unpaired) electrons. The largest absolute Gasteiger partial charge is 0.377 e. The van der Waals surface area contributed by atoms with Gasteiger partial charge in [-0.1, -0.05) is 0 Å². The predicted octanol–water partition coefficient (Wildman–Crippen LogP) is 2.44. The number of urea groups is 1. The topological polar surface area (TPSA) is 91.7 Å². The number of hydrogen-bond donors (Lipinski definition) is 2. The first-order valence-corrected chi connectivity index (χ1v) is 9.56. The van der Waals surface area contributed by atoms with E-state index < -0.39 is 0 Å². The van der Waals surface area contributed by atoms with Gasteiger partial charge in [-0.25, -0.2) is 14.8 Å². The van der Waals surface area contributed by atoms with Crippen LogP contribution in [0.25, 0.3) is 11.4 Å². The molecule has 1 unspecified atom stereocenters. The van der Waals surface area contributed by atoms with Crippen molar-refractivity contribution in [1.29, 1.82) is 0 Å². The SMILES string of the molecule is CCNC(=O)Nc1ccc(-c2nc3c(c(N4CCOCC4C)n2)CN=C3)cc1. The van der Waals surface area contributed by atoms with Crippen LogP contribution in [-0.2, 0) is 11.3 Å². The molecule has 146 valence electrons. The van der Waals surface area contributed by atoms with E-state index in [0.29, 0.717) is 32.1 Å². The lowest BCUT2D eigenvalue weighted by atomic mass is 10.1. The summed E-state index contributed by atoms with van der Waals surface area (Å²) in [6, 6.07) is 7.58. The minimum absolute atomic E-state index is 0.219. The minimum Gasteiger partial charge on any atom is -0.377 e. The van der Waals surface area contributed by atoms with Crippen molar-refractivity contribution < 1.29 is 9.53 Å². The zero-order valence-electron chi connectivity index (χ0n) is 16.1. The lowest BCUT2D eigenvalue weighted by Crippen LogP contribution is -2.44. The monoisotopic (exact) mass is 380 g/mol. The number of morpholine rings is 1. The maximum atomic E-state index is 11.7. The van der Waals surface area contributed by atoms with Crippen LogP contribution in [-0.4, -0.2) is 54.6 Å². The van der Waals surface area contributed by atoms with E-state index in [1.54, 1.807) is 0 Å². The van der Waals surface area contributed by atoms with E-state index in [0.717, 1.165) is 34.9 Å². The van der Waals surface area contributed by atoms with Crippen molar-refractivity contribution in [1.82, 2.24) is 15.3 Å². The van der Waals surface area contributed by atoms with E-state index in [4.69, 9.17) is 14.7 Å². The number of nitrogens with one attached hydrogen (secondary N) is 2. The Bertz CT molecular complexity index is 896. The molecule has 0 aliphatic carbocycles. The number of rotatable bonds is 4. The molecule has 1 fully saturated rings. The number of hydrogen-bond acceptors (Lipinski definition) is 6. The molecule has 1 atom stereocenters. The molecule has 0 spiro atoms. The van der Waals surface area contributed by atoms with Crippen LogP contribution < -0.4 is 15.5 Å². The number of aromatic nitrogens is 2. The molecule has 8 heteroatoms. The van der Waals surface area contributed by atoms with Crippen LogP contribution in [0.2, 0.25) is 0 Å². The second-order valence-corrected chi connectivity index (χ2v) is 6.88. The maximum Gasteiger partial charge on any atom is 0.319 e. The number of nitrogens with zero attached hydrogens (tertiary/aromatic N) is 4. The molecule has 2 aromatic rings. The van der Waals surface area contributed by atoms with Gasteiger partial charge < -0.3 is 20.3 Å². The van der Waals surface area contributed by atoms with Crippen molar-refractivity contribution in [2.75, 3.05) is 36.5 Å². The number of anilines is 2. The number of carbonyl (C=O) groups is 1. The second-order valence-electron chi connectivity index (χ2n) is 6.88. The van der Waals surface area contributed by atoms with Gasteiger partial charge in [-0.2, -0.15) is 0 Å². The van der Waals surface area contributed by atoms with Crippen molar-refractivity contribution in [3.05, 3.63) is 35.5 Å². The van der Waals surface area contributed by atoms with Crippen LogP contribution in [0, 0.1) is 0 Å². The van der Waals surface area contributed by atoms with E-state index in [2.05, 4.69) is 27.4 Å². The third-order valence-electron chi connectivity index (χ3n) is 4.86. The van der Waals surface area contributed by atoms with Crippen molar-refractivity contribution in [3.8, 4) is 11.4 Å². The highest BCUT2D eigenvalue weighted by Crippen LogP contribution is 2.30. The zero-order chi connectivity index (χ0) is 19.5. The number of ether oxygens (including phenoxy) is 1. The Morgan fingerprint density at radius 2 is 2.11 bits per heavy atom. The zero-order valence-corrected chi connectivity index (χ0v) is 16.1. The third-order valence-corrected chi connectivity index (χ3v) is 4.86. The molecule has 0 bridgehead atoms. The van der Waals surface area contributed by atoms with Gasteiger partial charge in [0.05, 0.1) is 31.5 Å². The summed E-state index contributed by atoms with van der Waals surface area (Å²) in [6.45, 7) is 7.41. The van der Waals surface area contributed by atoms with Gasteiger partial charge in [-0.3, -0.25) is 4.99 Å². The first kappa shape index (κ1) is 18.4. The van der Waals surface area contributed by atoms with Crippen LogP contribution in [0.5, 0.6) is 0 Å². The van der Waals surface area contributed by atoms with Crippen LogP contribution in [0.1, 0.15) is 25.1 Å². The summed E-state index contributed by atoms with van der Waals surface area (Å²) in [7, 11) is 0. The Morgan fingerprint density at radius 1 is 1.29 bits per heavy atom. The highest BCUT2D eigenvalue weighted by Gasteiger charge is 2.26. The number of fused-ring (bicyclic) bond motifs is 1. The van der Waals surface area contributed by atoms with Gasteiger partial charge in [0.2, 0.25) is 0 Å². The van der Waals surface area contributed by atoms with Crippen LogP contribution in [0.3, 0.4) is 0 Å². The highest BCUT2D eigenvalue weighted by atomic mass is 16.5. The summed E-state index contributed by atoms with van der Waals surface area (Å²) in [5.41, 5.74) is 3.57. The smallest absolute Gasteiger partial charge is 0.319 e. The third kappa shape index (κ3) is 3.68. The molecule has 8 nitrogen and oxygen atoms in total. The van der Waals surface area contributed by atoms with E-state index in [1.165, 1.54) is 0 Å². The van der Waals surface area contributed by atoms with E-state index in [-0.39, 0.29) is 12.1 Å². The van der Waals surface area contributed by atoms with Gasteiger partial charge in [0, 0.05) is 36.1 Å². The first-order valence-electron chi connectivity index (χ1n) is 9.56. The molecule has 4 rings (SSSR count). The second kappa shape index (κ2) is 7.93. The number of carbonyl (C=O) groups excluding carboxylic acids is 1. The van der Waals surface area contributed by atoms with Crippen LogP contribution >= 0.6 is 0 Å². The summed E-state index contributed by atoms with van der Waals surface area (Å²) in [5.74, 6) is 1.60. The molecular weight excluding hydrogens is 356 g/mol. The van der Waals surface area contributed by atoms with Gasteiger partial charge in [0.1, 0.15) is 5.82 Å². The molecule has 1 saturated heterocycles. The molecule has 2 amide bonds. The maximum absolute atomic E-state index is 11.7. The van der Waals surface area contributed by atoms with Gasteiger partial charge >= 0.3 is 6.03 Å². The molecular formula is C20H24N6O2. The summed E-state index contributed by atoms with van der Waals surface area (Å²) >= 11 is 0. The quantitative estimate of drug-likeness (QED) is 0.850. The Kier molecular flexibility index (Phi) is 5.21. The van der Waals surface area contributed by atoms with E-state index in [1.807, 2.05) is 37.4 Å². The Hall–Kier alpha value is -3.00. The first-order chi connectivity index (χ1) is 13.7. The Labute approximate surface area is 164 Å². The van der Waals surface area contributed by atoms with E-state index >= 15 is 0 Å².